The summed E-state index contributed by atoms with van der Waals surface area (Å²) in [7, 11) is 0. The molecule has 1 aromatic rings. The van der Waals surface area contributed by atoms with Gasteiger partial charge in [0.15, 0.2) is 0 Å². The van der Waals surface area contributed by atoms with Gasteiger partial charge in [-0.3, -0.25) is 0 Å². The number of hydrogen-bond acceptors (Lipinski definition) is 1. The van der Waals surface area contributed by atoms with Crippen LogP contribution in [0.4, 0.5) is 4.79 Å². The first kappa shape index (κ1) is 14.4. The summed E-state index contributed by atoms with van der Waals surface area (Å²) in [6, 6.07) is 6.11. The summed E-state index contributed by atoms with van der Waals surface area (Å²) < 4.78 is 1.06. The maximum absolute atomic E-state index is 11.6. The second-order valence-corrected chi connectivity index (χ2v) is 7.11. The molecule has 3 nitrogen and oxygen atoms in total. The summed E-state index contributed by atoms with van der Waals surface area (Å²) in [5.74, 6) is 0. The Hall–Kier alpha value is -1.03. The fourth-order valence-electron chi connectivity index (χ4n) is 2.93. The number of carbonyl (C=O) groups is 1. The van der Waals surface area contributed by atoms with Crippen LogP contribution in [0.15, 0.2) is 22.7 Å². The van der Waals surface area contributed by atoms with E-state index in [0.717, 1.165) is 22.9 Å². The minimum absolute atomic E-state index is 0.0874. The molecule has 0 saturated carbocycles. The van der Waals surface area contributed by atoms with Crippen LogP contribution in [0, 0.1) is 5.41 Å². The zero-order chi connectivity index (χ0) is 14.2. The molecule has 0 aliphatic carbocycles. The Bertz CT molecular complexity index is 493. The number of aryl methyl sites for hydroxylation is 1. The lowest BCUT2D eigenvalue weighted by molar-refractivity contribution is 0.0837. The van der Waals surface area contributed by atoms with Crippen molar-refractivity contribution in [3.8, 4) is 0 Å². The number of hydrogen-bond donors (Lipinski definition) is 1. The highest BCUT2D eigenvalue weighted by atomic mass is 79.9. The van der Waals surface area contributed by atoms with E-state index >= 15 is 0 Å². The molecule has 1 unspecified atom stereocenters. The van der Waals surface area contributed by atoms with Gasteiger partial charge in [-0.25, -0.2) is 4.79 Å². The lowest BCUT2D eigenvalue weighted by Crippen LogP contribution is -2.40. The average Bonchev–Trinajstić information content (AvgIpc) is 2.46. The summed E-state index contributed by atoms with van der Waals surface area (Å²) in [4.78, 5) is 13.2. The molecule has 1 aliphatic heterocycles. The first-order chi connectivity index (χ1) is 8.80. The summed E-state index contributed by atoms with van der Waals surface area (Å²) in [6.45, 7) is 6.91. The molecule has 1 atom stereocenters. The van der Waals surface area contributed by atoms with E-state index in [9.17, 15) is 9.90 Å². The number of carboxylic acid groups (broad SMARTS) is 1. The van der Waals surface area contributed by atoms with Crippen LogP contribution >= 0.6 is 15.9 Å². The van der Waals surface area contributed by atoms with Gasteiger partial charge in [0.2, 0.25) is 0 Å². The van der Waals surface area contributed by atoms with Gasteiger partial charge in [-0.2, -0.15) is 0 Å². The SMILES string of the molecule is CC(C)(C)C1c2ccc(Br)cc2CCCN1C(=O)O. The Morgan fingerprint density at radius 3 is 2.68 bits per heavy atom. The predicted octanol–water partition coefficient (Wildman–Crippen LogP) is 4.46. The molecule has 1 heterocycles. The smallest absolute Gasteiger partial charge is 0.407 e. The zero-order valence-electron chi connectivity index (χ0n) is 11.6. The van der Waals surface area contributed by atoms with Crippen molar-refractivity contribution in [2.45, 2.75) is 39.7 Å². The summed E-state index contributed by atoms with van der Waals surface area (Å²) in [5.41, 5.74) is 2.29. The van der Waals surface area contributed by atoms with Crippen LogP contribution in [0.3, 0.4) is 0 Å². The van der Waals surface area contributed by atoms with Crippen LogP contribution in [-0.4, -0.2) is 22.6 Å². The highest BCUT2D eigenvalue weighted by molar-refractivity contribution is 9.10. The Balaban J connectivity index is 2.56. The molecule has 19 heavy (non-hydrogen) atoms. The maximum Gasteiger partial charge on any atom is 0.407 e. The van der Waals surface area contributed by atoms with E-state index in [1.165, 1.54) is 5.56 Å². The third-order valence-electron chi connectivity index (χ3n) is 3.62. The topological polar surface area (TPSA) is 40.5 Å². The van der Waals surface area contributed by atoms with Crippen LogP contribution in [-0.2, 0) is 6.42 Å². The molecule has 0 aromatic heterocycles. The van der Waals surface area contributed by atoms with Crippen LogP contribution in [0.5, 0.6) is 0 Å². The number of amides is 1. The van der Waals surface area contributed by atoms with E-state index < -0.39 is 6.09 Å². The molecular formula is C15H20BrNO2. The molecule has 1 aliphatic rings. The first-order valence-corrected chi connectivity index (χ1v) is 7.38. The van der Waals surface area contributed by atoms with Gasteiger partial charge in [0.1, 0.15) is 0 Å². The van der Waals surface area contributed by atoms with E-state index in [1.807, 2.05) is 6.07 Å². The minimum atomic E-state index is -0.823. The second-order valence-electron chi connectivity index (χ2n) is 6.19. The van der Waals surface area contributed by atoms with Gasteiger partial charge >= 0.3 is 6.09 Å². The molecule has 2 rings (SSSR count). The summed E-state index contributed by atoms with van der Waals surface area (Å²) in [6.07, 6.45) is 0.990. The number of halogens is 1. The van der Waals surface area contributed by atoms with Crippen LogP contribution in [0.2, 0.25) is 0 Å². The molecule has 4 heteroatoms. The highest BCUT2D eigenvalue weighted by Gasteiger charge is 2.37. The Morgan fingerprint density at radius 2 is 2.11 bits per heavy atom. The van der Waals surface area contributed by atoms with Crippen molar-refractivity contribution in [2.24, 2.45) is 5.41 Å². The van der Waals surface area contributed by atoms with Gasteiger partial charge in [-0.15, -0.1) is 0 Å². The molecule has 0 spiro atoms. The quantitative estimate of drug-likeness (QED) is 0.764. The monoisotopic (exact) mass is 325 g/mol. The van der Waals surface area contributed by atoms with Gasteiger partial charge < -0.3 is 10.0 Å². The van der Waals surface area contributed by atoms with Crippen LogP contribution in [0.1, 0.15) is 44.4 Å². The van der Waals surface area contributed by atoms with E-state index in [2.05, 4.69) is 48.8 Å². The normalized spacial score (nSPS) is 19.8. The highest BCUT2D eigenvalue weighted by Crippen LogP contribution is 2.42. The van der Waals surface area contributed by atoms with Crippen molar-refractivity contribution >= 4 is 22.0 Å². The third-order valence-corrected chi connectivity index (χ3v) is 4.12. The lowest BCUT2D eigenvalue weighted by Gasteiger charge is -2.38. The maximum atomic E-state index is 11.6. The zero-order valence-corrected chi connectivity index (χ0v) is 13.2. The Morgan fingerprint density at radius 1 is 1.42 bits per heavy atom. The number of rotatable bonds is 0. The molecular weight excluding hydrogens is 306 g/mol. The van der Waals surface area contributed by atoms with Crippen LogP contribution in [0.25, 0.3) is 0 Å². The van der Waals surface area contributed by atoms with Crippen molar-refractivity contribution in [2.75, 3.05) is 6.54 Å². The summed E-state index contributed by atoms with van der Waals surface area (Å²) >= 11 is 3.50. The van der Waals surface area contributed by atoms with Gasteiger partial charge in [-0.1, -0.05) is 42.8 Å². The van der Waals surface area contributed by atoms with Crippen molar-refractivity contribution in [3.63, 3.8) is 0 Å². The molecule has 104 valence electrons. The molecule has 0 bridgehead atoms. The van der Waals surface area contributed by atoms with E-state index in [4.69, 9.17) is 0 Å². The van der Waals surface area contributed by atoms with E-state index in [1.54, 1.807) is 4.90 Å². The standard InChI is InChI=1S/C15H20BrNO2/c1-15(2,3)13-12-7-6-11(16)9-10(12)5-4-8-17(13)14(18)19/h6-7,9,13H,4-5,8H2,1-3H3,(H,18,19). The molecule has 1 amide bonds. The van der Waals surface area contributed by atoms with Gasteiger partial charge in [0.05, 0.1) is 6.04 Å². The average molecular weight is 326 g/mol. The molecule has 0 fully saturated rings. The van der Waals surface area contributed by atoms with Gasteiger partial charge in [-0.05, 0) is 41.5 Å². The largest absolute Gasteiger partial charge is 0.465 e. The molecule has 1 N–H and O–H groups in total. The Labute approximate surface area is 122 Å². The fourth-order valence-corrected chi connectivity index (χ4v) is 3.34. The fraction of sp³-hybridized carbons (Fsp3) is 0.533. The van der Waals surface area contributed by atoms with E-state index in [0.29, 0.717) is 6.54 Å². The van der Waals surface area contributed by atoms with Crippen molar-refractivity contribution < 1.29 is 9.90 Å². The van der Waals surface area contributed by atoms with E-state index in [-0.39, 0.29) is 11.5 Å². The van der Waals surface area contributed by atoms with Crippen LogP contribution < -0.4 is 0 Å². The van der Waals surface area contributed by atoms with Gasteiger partial charge in [0.25, 0.3) is 0 Å². The summed E-state index contributed by atoms with van der Waals surface area (Å²) in [5, 5.41) is 9.49. The van der Waals surface area contributed by atoms with Gasteiger partial charge in [0, 0.05) is 11.0 Å². The first-order valence-electron chi connectivity index (χ1n) is 6.58. The lowest BCUT2D eigenvalue weighted by atomic mass is 9.80. The Kier molecular flexibility index (Phi) is 3.90. The molecule has 0 saturated heterocycles. The number of nitrogens with zero attached hydrogens (tertiary/aromatic N) is 1. The minimum Gasteiger partial charge on any atom is -0.465 e. The second kappa shape index (κ2) is 5.16. The third kappa shape index (κ3) is 2.94. The molecule has 0 radical (unpaired) electrons. The number of fused-ring (bicyclic) bond motifs is 1. The number of benzene rings is 1. The van der Waals surface area contributed by atoms with Crippen molar-refractivity contribution in [1.29, 1.82) is 0 Å². The molecule has 1 aromatic carbocycles. The van der Waals surface area contributed by atoms with Crippen molar-refractivity contribution in [3.05, 3.63) is 33.8 Å². The predicted molar refractivity (Wildman–Crippen MR) is 79.4 cm³/mol. The van der Waals surface area contributed by atoms with Crippen molar-refractivity contribution in [1.82, 2.24) is 4.90 Å².